The summed E-state index contributed by atoms with van der Waals surface area (Å²) in [5.41, 5.74) is 1.39. The van der Waals surface area contributed by atoms with Crippen LogP contribution in [0.2, 0.25) is 0 Å². The Morgan fingerprint density at radius 1 is 1.31 bits per heavy atom. The molecule has 1 unspecified atom stereocenters. The average Bonchev–Trinajstić information content (AvgIpc) is 2.27. The minimum absolute atomic E-state index is 0.0277. The van der Waals surface area contributed by atoms with E-state index in [1.807, 2.05) is 6.92 Å². The minimum atomic E-state index is -2.50. The Morgan fingerprint density at radius 3 is 2.31 bits per heavy atom. The lowest BCUT2D eigenvalue weighted by atomic mass is 10.0. The van der Waals surface area contributed by atoms with Gasteiger partial charge in [0.25, 0.3) is 6.43 Å². The second-order valence-electron chi connectivity index (χ2n) is 3.64. The molecule has 0 aliphatic carbocycles. The number of halogens is 3. The molecule has 0 heterocycles. The van der Waals surface area contributed by atoms with Crippen molar-refractivity contribution in [3.63, 3.8) is 0 Å². The van der Waals surface area contributed by atoms with E-state index in [1.165, 1.54) is 19.1 Å². The first-order valence-corrected chi connectivity index (χ1v) is 5.93. The van der Waals surface area contributed by atoms with Crippen LogP contribution in [0.5, 0.6) is 0 Å². The molecule has 1 aromatic rings. The molecule has 16 heavy (non-hydrogen) atoms. The summed E-state index contributed by atoms with van der Waals surface area (Å²) in [5.74, 6) is -0.0894. The largest absolute Gasteiger partial charge is 0.298 e. The third-order valence-electron chi connectivity index (χ3n) is 2.35. The molecule has 0 fully saturated rings. The molecule has 0 amide bonds. The van der Waals surface area contributed by atoms with E-state index >= 15 is 0 Å². The predicted octanol–water partition coefficient (Wildman–Crippen LogP) is 4.21. The quantitative estimate of drug-likeness (QED) is 0.759. The van der Waals surface area contributed by atoms with E-state index in [0.29, 0.717) is 12.0 Å². The van der Waals surface area contributed by atoms with Gasteiger partial charge in [0.05, 0.1) is 4.83 Å². The monoisotopic (exact) mass is 290 g/mol. The van der Waals surface area contributed by atoms with Crippen LogP contribution < -0.4 is 0 Å². The summed E-state index contributed by atoms with van der Waals surface area (Å²) in [4.78, 5) is 10.7. The second-order valence-corrected chi connectivity index (χ2v) is 4.55. The van der Waals surface area contributed by atoms with E-state index in [-0.39, 0.29) is 11.3 Å². The topological polar surface area (TPSA) is 17.1 Å². The number of carbonyl (C=O) groups is 1. The maximum Gasteiger partial charge on any atom is 0.263 e. The molecule has 0 bridgehead atoms. The Balaban J connectivity index is 3.18. The van der Waals surface area contributed by atoms with Gasteiger partial charge < -0.3 is 0 Å². The van der Waals surface area contributed by atoms with Crippen LogP contribution in [0, 0.1) is 0 Å². The van der Waals surface area contributed by atoms with Crippen LogP contribution >= 0.6 is 15.9 Å². The van der Waals surface area contributed by atoms with Crippen molar-refractivity contribution in [3.05, 3.63) is 34.9 Å². The molecule has 0 aliphatic heterocycles. The number of hydrogen-bond acceptors (Lipinski definition) is 1. The fourth-order valence-electron chi connectivity index (χ4n) is 1.46. The van der Waals surface area contributed by atoms with Crippen molar-refractivity contribution in [1.82, 2.24) is 0 Å². The molecule has 0 N–H and O–H groups in total. The first-order valence-electron chi connectivity index (χ1n) is 5.02. The molecule has 0 saturated heterocycles. The zero-order valence-corrected chi connectivity index (χ0v) is 10.7. The third-order valence-corrected chi connectivity index (χ3v) is 3.52. The van der Waals surface area contributed by atoms with Crippen LogP contribution in [0.15, 0.2) is 18.2 Å². The normalized spacial score (nSPS) is 12.9. The van der Waals surface area contributed by atoms with Gasteiger partial charge >= 0.3 is 0 Å². The molecular formula is C12H13BrF2O. The summed E-state index contributed by atoms with van der Waals surface area (Å²) in [5, 5.41) is 0. The predicted molar refractivity (Wildman–Crippen MR) is 63.1 cm³/mol. The van der Waals surface area contributed by atoms with Crippen molar-refractivity contribution < 1.29 is 13.6 Å². The highest BCUT2D eigenvalue weighted by Crippen LogP contribution is 2.29. The van der Waals surface area contributed by atoms with Crippen LogP contribution in [0.3, 0.4) is 0 Å². The summed E-state index contributed by atoms with van der Waals surface area (Å²) in [7, 11) is 0. The van der Waals surface area contributed by atoms with Gasteiger partial charge in [0, 0.05) is 5.56 Å². The molecule has 1 rings (SSSR count). The Hall–Kier alpha value is -0.770. The minimum Gasteiger partial charge on any atom is -0.298 e. The Bertz CT molecular complexity index is 391. The molecule has 1 nitrogen and oxygen atoms in total. The van der Waals surface area contributed by atoms with Crippen molar-refractivity contribution in [2.24, 2.45) is 0 Å². The molecule has 1 atom stereocenters. The Morgan fingerprint density at radius 2 is 1.88 bits per heavy atom. The first-order chi connectivity index (χ1) is 7.45. The highest BCUT2D eigenvalue weighted by Gasteiger charge is 2.16. The Kier molecular flexibility index (Phi) is 4.59. The van der Waals surface area contributed by atoms with Crippen LogP contribution in [-0.2, 0) is 11.2 Å². The molecule has 4 heteroatoms. The molecule has 0 aliphatic rings. The summed E-state index contributed by atoms with van der Waals surface area (Å²) in [6.07, 6.45) is -1.83. The van der Waals surface area contributed by atoms with E-state index in [0.717, 1.165) is 5.56 Å². The van der Waals surface area contributed by atoms with Crippen LogP contribution in [-0.4, -0.2) is 5.78 Å². The molecule has 0 saturated carbocycles. The lowest BCUT2D eigenvalue weighted by Crippen LogP contribution is -2.03. The molecule has 0 spiro atoms. The van der Waals surface area contributed by atoms with Gasteiger partial charge in [0.15, 0.2) is 0 Å². The van der Waals surface area contributed by atoms with E-state index < -0.39 is 11.3 Å². The van der Waals surface area contributed by atoms with Gasteiger partial charge in [-0.05, 0) is 30.5 Å². The Labute approximate surface area is 102 Å². The SMILES string of the molecule is CCc1cc(C(F)F)cc(C(Br)C(C)=O)c1. The summed E-state index contributed by atoms with van der Waals surface area (Å²) < 4.78 is 25.3. The number of carbonyl (C=O) groups excluding carboxylic acids is 1. The number of benzene rings is 1. The van der Waals surface area contributed by atoms with E-state index in [9.17, 15) is 13.6 Å². The van der Waals surface area contributed by atoms with Gasteiger partial charge in [-0.1, -0.05) is 35.0 Å². The number of alkyl halides is 3. The number of ketones is 1. The number of hydrogen-bond donors (Lipinski definition) is 0. The van der Waals surface area contributed by atoms with Crippen LogP contribution in [0.1, 0.15) is 41.8 Å². The van der Waals surface area contributed by atoms with E-state index in [1.54, 1.807) is 6.07 Å². The number of aryl methyl sites for hydroxylation is 1. The fourth-order valence-corrected chi connectivity index (χ4v) is 1.72. The zero-order valence-electron chi connectivity index (χ0n) is 9.14. The van der Waals surface area contributed by atoms with Gasteiger partial charge in [0.1, 0.15) is 5.78 Å². The van der Waals surface area contributed by atoms with Gasteiger partial charge in [0.2, 0.25) is 0 Å². The van der Waals surface area contributed by atoms with Gasteiger partial charge in [-0.3, -0.25) is 4.79 Å². The fraction of sp³-hybridized carbons (Fsp3) is 0.417. The highest BCUT2D eigenvalue weighted by molar-refractivity contribution is 9.09. The molecule has 0 radical (unpaired) electrons. The summed E-state index contributed by atoms with van der Waals surface area (Å²) >= 11 is 3.20. The van der Waals surface area contributed by atoms with Crippen molar-refractivity contribution in [2.75, 3.05) is 0 Å². The average molecular weight is 291 g/mol. The maximum atomic E-state index is 12.6. The highest BCUT2D eigenvalue weighted by atomic mass is 79.9. The lowest BCUT2D eigenvalue weighted by Gasteiger charge is -2.11. The molecular weight excluding hydrogens is 278 g/mol. The van der Waals surface area contributed by atoms with Crippen LogP contribution in [0.4, 0.5) is 8.78 Å². The molecule has 0 aromatic heterocycles. The number of Topliss-reactive ketones (excluding diaryl/α,β-unsaturated/α-hetero) is 1. The van der Waals surface area contributed by atoms with Gasteiger partial charge in [-0.2, -0.15) is 0 Å². The molecule has 1 aromatic carbocycles. The number of rotatable bonds is 4. The van der Waals surface area contributed by atoms with E-state index in [2.05, 4.69) is 15.9 Å². The van der Waals surface area contributed by atoms with E-state index in [4.69, 9.17) is 0 Å². The summed E-state index contributed by atoms with van der Waals surface area (Å²) in [6, 6.07) is 4.64. The van der Waals surface area contributed by atoms with Crippen molar-refractivity contribution in [2.45, 2.75) is 31.5 Å². The van der Waals surface area contributed by atoms with Gasteiger partial charge in [-0.25, -0.2) is 8.78 Å². The zero-order chi connectivity index (χ0) is 12.3. The maximum absolute atomic E-state index is 12.6. The van der Waals surface area contributed by atoms with Crippen LogP contribution in [0.25, 0.3) is 0 Å². The third kappa shape index (κ3) is 3.11. The van der Waals surface area contributed by atoms with Crippen molar-refractivity contribution in [3.8, 4) is 0 Å². The second kappa shape index (κ2) is 5.53. The smallest absolute Gasteiger partial charge is 0.263 e. The standard InChI is InChI=1S/C12H13BrF2O/c1-3-8-4-9(11(13)7(2)16)6-10(5-8)12(14)15/h4-6,11-12H,3H2,1-2H3. The first kappa shape index (κ1) is 13.3. The lowest BCUT2D eigenvalue weighted by molar-refractivity contribution is -0.116. The van der Waals surface area contributed by atoms with Crippen molar-refractivity contribution >= 4 is 21.7 Å². The van der Waals surface area contributed by atoms with Gasteiger partial charge in [-0.15, -0.1) is 0 Å². The summed E-state index contributed by atoms with van der Waals surface area (Å²) in [6.45, 7) is 3.32. The van der Waals surface area contributed by atoms with Crippen molar-refractivity contribution in [1.29, 1.82) is 0 Å². The molecule has 88 valence electrons.